The van der Waals surface area contributed by atoms with Crippen LogP contribution in [0.25, 0.3) is 11.5 Å². The molecule has 1 aliphatic heterocycles. The van der Waals surface area contributed by atoms with Crippen LogP contribution in [0.1, 0.15) is 16.2 Å². The largest absolute Gasteiger partial charge is 0.497 e. The molecule has 0 unspecified atom stereocenters. The minimum Gasteiger partial charge on any atom is -0.497 e. The normalized spacial score (nSPS) is 13.4. The second-order valence-corrected chi connectivity index (χ2v) is 6.52. The zero-order chi connectivity index (χ0) is 19.0. The van der Waals surface area contributed by atoms with Gasteiger partial charge in [-0.25, -0.2) is 4.98 Å². The van der Waals surface area contributed by atoms with E-state index in [0.29, 0.717) is 23.9 Å². The summed E-state index contributed by atoms with van der Waals surface area (Å²) in [5.74, 6) is 1.56. The van der Waals surface area contributed by atoms with E-state index in [1.165, 1.54) is 0 Å². The van der Waals surface area contributed by atoms with E-state index in [-0.39, 0.29) is 5.91 Å². The van der Waals surface area contributed by atoms with Gasteiger partial charge in [-0.15, -0.1) is 0 Å². The molecule has 4 rings (SSSR count). The Kier molecular flexibility index (Phi) is 4.32. The molecule has 0 fully saturated rings. The molecule has 0 saturated heterocycles. The third-order valence-electron chi connectivity index (χ3n) is 4.82. The maximum Gasteiger partial charge on any atom is 0.280 e. The Morgan fingerprint density at radius 1 is 1.07 bits per heavy atom. The molecule has 2 aromatic carbocycles. The molecule has 0 N–H and O–H groups in total. The first kappa shape index (κ1) is 17.1. The Hall–Kier alpha value is -3.28. The first-order valence-electron chi connectivity index (χ1n) is 8.82. The molecule has 1 amide bonds. The van der Waals surface area contributed by atoms with Gasteiger partial charge in [-0.2, -0.15) is 0 Å². The van der Waals surface area contributed by atoms with Crippen molar-refractivity contribution in [1.82, 2.24) is 4.98 Å². The Morgan fingerprint density at radius 3 is 2.48 bits per heavy atom. The lowest BCUT2D eigenvalue weighted by molar-refractivity contribution is 0.0981. The number of para-hydroxylation sites is 2. The van der Waals surface area contributed by atoms with Gasteiger partial charge in [0.05, 0.1) is 18.5 Å². The molecule has 0 radical (unpaired) electrons. The van der Waals surface area contributed by atoms with E-state index >= 15 is 0 Å². The van der Waals surface area contributed by atoms with Crippen molar-refractivity contribution in [1.29, 1.82) is 0 Å². The number of likely N-dealkylation sites (N-methyl/N-ethyl adjacent to an activating group) is 1. The van der Waals surface area contributed by atoms with Gasteiger partial charge in [0.1, 0.15) is 11.5 Å². The summed E-state index contributed by atoms with van der Waals surface area (Å²) in [7, 11) is 3.65. The maximum absolute atomic E-state index is 13.2. The van der Waals surface area contributed by atoms with Gasteiger partial charge in [-0.3, -0.25) is 4.79 Å². The van der Waals surface area contributed by atoms with Crippen LogP contribution in [0.15, 0.2) is 52.9 Å². The summed E-state index contributed by atoms with van der Waals surface area (Å²) in [4.78, 5) is 21.6. The predicted octanol–water partition coefficient (Wildman–Crippen LogP) is 3.76. The van der Waals surface area contributed by atoms with Gasteiger partial charge in [-0.05, 0) is 43.3 Å². The van der Waals surface area contributed by atoms with Crippen LogP contribution in [-0.4, -0.2) is 38.1 Å². The van der Waals surface area contributed by atoms with Gasteiger partial charge < -0.3 is 19.0 Å². The molecule has 0 aliphatic carbocycles. The summed E-state index contributed by atoms with van der Waals surface area (Å²) in [5, 5.41) is 0. The molecule has 6 nitrogen and oxygen atoms in total. The van der Waals surface area contributed by atoms with Crippen LogP contribution in [0.5, 0.6) is 5.75 Å². The minimum absolute atomic E-state index is 0.142. The molecule has 1 aromatic heterocycles. The number of ether oxygens (including phenoxy) is 1. The van der Waals surface area contributed by atoms with Crippen LogP contribution >= 0.6 is 0 Å². The van der Waals surface area contributed by atoms with Gasteiger partial charge in [0.15, 0.2) is 5.69 Å². The fourth-order valence-corrected chi connectivity index (χ4v) is 3.30. The number of benzene rings is 2. The first-order chi connectivity index (χ1) is 13.1. The smallest absolute Gasteiger partial charge is 0.280 e. The molecule has 2 heterocycles. The van der Waals surface area contributed by atoms with E-state index in [1.54, 1.807) is 18.9 Å². The van der Waals surface area contributed by atoms with Crippen molar-refractivity contribution in [2.45, 2.75) is 6.92 Å². The van der Waals surface area contributed by atoms with E-state index in [9.17, 15) is 4.79 Å². The van der Waals surface area contributed by atoms with Gasteiger partial charge in [0.25, 0.3) is 5.91 Å². The van der Waals surface area contributed by atoms with E-state index in [0.717, 1.165) is 29.2 Å². The Balaban J connectivity index is 1.67. The number of oxazole rings is 1. The maximum atomic E-state index is 13.2. The van der Waals surface area contributed by atoms with Crippen LogP contribution in [0.2, 0.25) is 0 Å². The fourth-order valence-electron chi connectivity index (χ4n) is 3.30. The van der Waals surface area contributed by atoms with Crippen molar-refractivity contribution in [3.63, 3.8) is 0 Å². The molecule has 0 bridgehead atoms. The van der Waals surface area contributed by atoms with E-state index in [4.69, 9.17) is 9.15 Å². The monoisotopic (exact) mass is 363 g/mol. The molecule has 0 atom stereocenters. The number of hydrogen-bond acceptors (Lipinski definition) is 5. The van der Waals surface area contributed by atoms with Crippen LogP contribution < -0.4 is 14.5 Å². The molecule has 0 saturated carbocycles. The van der Waals surface area contributed by atoms with Crippen LogP contribution in [0.3, 0.4) is 0 Å². The standard InChI is InChI=1S/C21H21N3O3/c1-14-19(22-20(27-14)15-8-10-16(26-3)11-9-15)21(25)24-13-12-23(2)17-6-4-5-7-18(17)24/h4-11H,12-13H2,1-3H3. The summed E-state index contributed by atoms with van der Waals surface area (Å²) < 4.78 is 11.0. The molecular weight excluding hydrogens is 342 g/mol. The summed E-state index contributed by atoms with van der Waals surface area (Å²) in [6.45, 7) is 3.15. The number of aryl methyl sites for hydroxylation is 1. The summed E-state index contributed by atoms with van der Waals surface area (Å²) in [6.07, 6.45) is 0. The molecule has 138 valence electrons. The lowest BCUT2D eigenvalue weighted by Gasteiger charge is -2.35. The van der Waals surface area contributed by atoms with Gasteiger partial charge in [-0.1, -0.05) is 12.1 Å². The third kappa shape index (κ3) is 3.03. The molecule has 1 aliphatic rings. The van der Waals surface area contributed by atoms with Crippen molar-refractivity contribution in [2.75, 3.05) is 37.0 Å². The second-order valence-electron chi connectivity index (χ2n) is 6.52. The quantitative estimate of drug-likeness (QED) is 0.709. The Bertz CT molecular complexity index is 979. The molecular formula is C21H21N3O3. The van der Waals surface area contributed by atoms with Crippen LogP contribution in [-0.2, 0) is 0 Å². The van der Waals surface area contributed by atoms with Crippen molar-refractivity contribution in [3.05, 3.63) is 60.0 Å². The van der Waals surface area contributed by atoms with E-state index in [1.807, 2.05) is 55.6 Å². The number of rotatable bonds is 3. The number of nitrogens with zero attached hydrogens (tertiary/aromatic N) is 3. The van der Waals surface area contributed by atoms with Crippen LogP contribution in [0, 0.1) is 6.92 Å². The summed E-state index contributed by atoms with van der Waals surface area (Å²) in [6, 6.07) is 15.3. The van der Waals surface area contributed by atoms with Crippen LogP contribution in [0.4, 0.5) is 11.4 Å². The zero-order valence-corrected chi connectivity index (χ0v) is 15.6. The SMILES string of the molecule is COc1ccc(-c2nc(C(=O)N3CCN(C)c4ccccc43)c(C)o2)cc1. The number of carbonyl (C=O) groups is 1. The molecule has 3 aromatic rings. The van der Waals surface area contributed by atoms with Gasteiger partial charge >= 0.3 is 0 Å². The number of methoxy groups -OCH3 is 1. The highest BCUT2D eigenvalue weighted by Crippen LogP contribution is 2.33. The zero-order valence-electron chi connectivity index (χ0n) is 15.6. The second kappa shape index (κ2) is 6.79. The average Bonchev–Trinajstić information content (AvgIpc) is 3.10. The third-order valence-corrected chi connectivity index (χ3v) is 4.82. The minimum atomic E-state index is -0.142. The average molecular weight is 363 g/mol. The van der Waals surface area contributed by atoms with Gasteiger partial charge in [0, 0.05) is 25.7 Å². The predicted molar refractivity (Wildman–Crippen MR) is 105 cm³/mol. The van der Waals surface area contributed by atoms with Gasteiger partial charge in [0.2, 0.25) is 5.89 Å². The summed E-state index contributed by atoms with van der Waals surface area (Å²) in [5.41, 5.74) is 3.08. The molecule has 6 heteroatoms. The number of anilines is 2. The highest BCUT2D eigenvalue weighted by Gasteiger charge is 2.29. The van der Waals surface area contributed by atoms with E-state index in [2.05, 4.69) is 9.88 Å². The lowest BCUT2D eigenvalue weighted by Crippen LogP contribution is -2.43. The number of amides is 1. The van der Waals surface area contributed by atoms with Crippen molar-refractivity contribution < 1.29 is 13.9 Å². The van der Waals surface area contributed by atoms with Crippen molar-refractivity contribution in [2.24, 2.45) is 0 Å². The Morgan fingerprint density at radius 2 is 1.78 bits per heavy atom. The number of carbonyl (C=O) groups excluding carboxylic acids is 1. The first-order valence-corrected chi connectivity index (χ1v) is 8.82. The number of fused-ring (bicyclic) bond motifs is 1. The molecule has 27 heavy (non-hydrogen) atoms. The highest BCUT2D eigenvalue weighted by atomic mass is 16.5. The van der Waals surface area contributed by atoms with Crippen molar-refractivity contribution in [3.8, 4) is 17.2 Å². The highest BCUT2D eigenvalue weighted by molar-refractivity contribution is 6.08. The summed E-state index contributed by atoms with van der Waals surface area (Å²) >= 11 is 0. The fraction of sp³-hybridized carbons (Fsp3) is 0.238. The lowest BCUT2D eigenvalue weighted by atomic mass is 10.1. The molecule has 0 spiro atoms. The topological polar surface area (TPSA) is 58.8 Å². The Labute approximate surface area is 158 Å². The number of aromatic nitrogens is 1. The van der Waals surface area contributed by atoms with Crippen molar-refractivity contribution >= 4 is 17.3 Å². The number of hydrogen-bond donors (Lipinski definition) is 0. The van der Waals surface area contributed by atoms with E-state index < -0.39 is 0 Å².